The number of fused-ring (bicyclic) bond motifs is 1. The van der Waals surface area contributed by atoms with E-state index in [4.69, 9.17) is 34.8 Å². The van der Waals surface area contributed by atoms with Crippen LogP contribution in [0.1, 0.15) is 26.7 Å². The van der Waals surface area contributed by atoms with Gasteiger partial charge in [0.05, 0.1) is 20.8 Å². The normalized spacial score (nSPS) is 19.5. The molecule has 2 aliphatic heterocycles. The molecule has 3 rings (SSSR count). The average molecular weight is 404 g/mol. The van der Waals surface area contributed by atoms with Gasteiger partial charge >= 0.3 is 6.03 Å². The van der Waals surface area contributed by atoms with E-state index < -0.39 is 11.4 Å². The van der Waals surface area contributed by atoms with E-state index in [2.05, 4.69) is 10.3 Å². The lowest BCUT2D eigenvalue weighted by atomic mass is 9.78. The van der Waals surface area contributed by atoms with Crippen LogP contribution >= 0.6 is 34.8 Å². The Morgan fingerprint density at radius 3 is 2.40 bits per heavy atom. The van der Waals surface area contributed by atoms with Gasteiger partial charge in [-0.1, -0.05) is 48.7 Å². The van der Waals surface area contributed by atoms with Crippen molar-refractivity contribution in [3.05, 3.63) is 27.2 Å². The summed E-state index contributed by atoms with van der Waals surface area (Å²) in [6.45, 7) is 4.33. The second-order valence-corrected chi connectivity index (χ2v) is 7.22. The summed E-state index contributed by atoms with van der Waals surface area (Å²) < 4.78 is 0. The van der Waals surface area contributed by atoms with Crippen LogP contribution in [-0.4, -0.2) is 36.0 Å². The maximum Gasteiger partial charge on any atom is 0.331 e. The monoisotopic (exact) mass is 402 g/mol. The van der Waals surface area contributed by atoms with Crippen molar-refractivity contribution in [2.24, 2.45) is 10.4 Å². The Morgan fingerprint density at radius 2 is 1.76 bits per heavy atom. The predicted octanol–water partition coefficient (Wildman–Crippen LogP) is 4.14. The number of rotatable bonds is 3. The summed E-state index contributed by atoms with van der Waals surface area (Å²) in [5, 5.41) is 3.58. The molecular formula is C16H17Cl3N4O2. The molecule has 1 saturated heterocycles. The molecule has 25 heavy (non-hydrogen) atoms. The first kappa shape index (κ1) is 18.3. The zero-order valence-corrected chi connectivity index (χ0v) is 16.0. The van der Waals surface area contributed by atoms with Gasteiger partial charge < -0.3 is 4.90 Å². The number of urea groups is 1. The molecule has 1 aromatic carbocycles. The lowest BCUT2D eigenvalue weighted by Crippen LogP contribution is -2.67. The molecule has 1 N–H and O–H groups in total. The molecule has 0 spiro atoms. The number of anilines is 1. The van der Waals surface area contributed by atoms with Gasteiger partial charge in [0, 0.05) is 0 Å². The Kier molecular flexibility index (Phi) is 4.88. The fraction of sp³-hybridized carbons (Fsp3) is 0.438. The fourth-order valence-corrected chi connectivity index (χ4v) is 3.93. The number of nitrogens with one attached hydrogen (secondary N) is 1. The number of aliphatic imine (C=N–C) groups is 1. The third-order valence-electron chi connectivity index (χ3n) is 4.82. The smallest absolute Gasteiger partial charge is 0.331 e. The molecule has 2 aliphatic rings. The molecular weight excluding hydrogens is 387 g/mol. The topological polar surface area (TPSA) is 65.0 Å². The summed E-state index contributed by atoms with van der Waals surface area (Å²) in [7, 11) is 0. The van der Waals surface area contributed by atoms with E-state index in [0.29, 0.717) is 39.4 Å². The molecule has 0 saturated carbocycles. The van der Waals surface area contributed by atoms with E-state index in [1.54, 1.807) is 17.0 Å². The van der Waals surface area contributed by atoms with Gasteiger partial charge in [0.2, 0.25) is 5.91 Å². The quantitative estimate of drug-likeness (QED) is 0.771. The maximum atomic E-state index is 12.4. The highest BCUT2D eigenvalue weighted by atomic mass is 35.5. The number of carbonyl (C=O) groups excluding carboxylic acids is 2. The van der Waals surface area contributed by atoms with Crippen LogP contribution in [0.3, 0.4) is 0 Å². The number of amidine groups is 1. The number of hydrogen-bond acceptors (Lipinski definition) is 4. The number of halogens is 3. The Labute approximate surface area is 160 Å². The minimum absolute atomic E-state index is 0.220. The van der Waals surface area contributed by atoms with Crippen LogP contribution in [-0.2, 0) is 4.79 Å². The van der Waals surface area contributed by atoms with E-state index >= 15 is 0 Å². The second kappa shape index (κ2) is 6.67. The number of imide groups is 1. The molecule has 0 radical (unpaired) electrons. The second-order valence-electron chi connectivity index (χ2n) is 6.00. The highest BCUT2D eigenvalue weighted by Crippen LogP contribution is 2.38. The van der Waals surface area contributed by atoms with Crippen molar-refractivity contribution >= 4 is 58.3 Å². The van der Waals surface area contributed by atoms with Crippen molar-refractivity contribution < 1.29 is 9.59 Å². The molecule has 0 atom stereocenters. The van der Waals surface area contributed by atoms with Gasteiger partial charge in [0.25, 0.3) is 0 Å². The molecule has 0 aromatic heterocycles. The van der Waals surface area contributed by atoms with E-state index in [0.717, 1.165) is 0 Å². The van der Waals surface area contributed by atoms with Gasteiger partial charge in [-0.15, -0.1) is 0 Å². The molecule has 6 nitrogen and oxygen atoms in total. The molecule has 1 aromatic rings. The first-order valence-corrected chi connectivity index (χ1v) is 9.04. The molecule has 1 fully saturated rings. The van der Waals surface area contributed by atoms with Crippen LogP contribution in [0.15, 0.2) is 17.1 Å². The van der Waals surface area contributed by atoms with Gasteiger partial charge in [-0.05, 0) is 25.0 Å². The molecule has 0 unspecified atom stereocenters. The highest BCUT2D eigenvalue weighted by Gasteiger charge is 2.50. The van der Waals surface area contributed by atoms with Crippen molar-refractivity contribution in [2.75, 3.05) is 18.2 Å². The van der Waals surface area contributed by atoms with Gasteiger partial charge in [-0.3, -0.25) is 15.0 Å². The first-order chi connectivity index (χ1) is 11.8. The highest BCUT2D eigenvalue weighted by molar-refractivity contribution is 6.44. The van der Waals surface area contributed by atoms with Crippen molar-refractivity contribution in [3.8, 4) is 0 Å². The number of amides is 3. The van der Waals surface area contributed by atoms with Gasteiger partial charge in [-0.25, -0.2) is 9.79 Å². The Balaban J connectivity index is 2.01. The third kappa shape index (κ3) is 2.86. The zero-order chi connectivity index (χ0) is 18.4. The third-order valence-corrected chi connectivity index (χ3v) is 5.85. The number of nitrogens with zero attached hydrogens (tertiary/aromatic N) is 3. The van der Waals surface area contributed by atoms with E-state index in [-0.39, 0.29) is 19.2 Å². The molecule has 9 heteroatoms. The number of carbonyl (C=O) groups is 2. The molecule has 0 bridgehead atoms. The molecule has 0 aliphatic carbocycles. The SMILES string of the molecule is CCC1(CC)C(=O)NC(=O)N2CN(c3cc(Cl)c(Cl)cc3Cl)CN=C21. The van der Waals surface area contributed by atoms with E-state index in [9.17, 15) is 9.59 Å². The van der Waals surface area contributed by atoms with E-state index in [1.165, 1.54) is 4.90 Å². The summed E-state index contributed by atoms with van der Waals surface area (Å²) in [6.07, 6.45) is 1.12. The van der Waals surface area contributed by atoms with Crippen LogP contribution in [0, 0.1) is 5.41 Å². The summed E-state index contributed by atoms with van der Waals surface area (Å²) in [6, 6.07) is 2.72. The minimum atomic E-state index is -0.790. The standard InChI is InChI=1S/C16H17Cl3N4O2/c1-3-16(4-2)13-20-7-22(8-23(13)15(25)21-14(16)24)12-6-10(18)9(17)5-11(12)19/h5-6H,3-4,7-8H2,1-2H3,(H,21,24,25). The van der Waals surface area contributed by atoms with Crippen LogP contribution in [0.5, 0.6) is 0 Å². The zero-order valence-electron chi connectivity index (χ0n) is 13.8. The first-order valence-electron chi connectivity index (χ1n) is 7.91. The summed E-state index contributed by atoms with van der Waals surface area (Å²) in [4.78, 5) is 32.6. The van der Waals surface area contributed by atoms with Gasteiger partial charge in [0.1, 0.15) is 24.6 Å². The van der Waals surface area contributed by atoms with Crippen LogP contribution in [0.25, 0.3) is 0 Å². The summed E-state index contributed by atoms with van der Waals surface area (Å²) >= 11 is 18.3. The van der Waals surface area contributed by atoms with Crippen LogP contribution in [0.2, 0.25) is 15.1 Å². The van der Waals surface area contributed by atoms with Crippen LogP contribution in [0.4, 0.5) is 10.5 Å². The van der Waals surface area contributed by atoms with Gasteiger partial charge in [0.15, 0.2) is 0 Å². The van der Waals surface area contributed by atoms with E-state index in [1.807, 2.05) is 13.8 Å². The maximum absolute atomic E-state index is 12.4. The fourth-order valence-electron chi connectivity index (χ4n) is 3.27. The Bertz CT molecular complexity index is 777. The molecule has 134 valence electrons. The minimum Gasteiger partial charge on any atom is -0.332 e. The van der Waals surface area contributed by atoms with Crippen molar-refractivity contribution in [1.29, 1.82) is 0 Å². The van der Waals surface area contributed by atoms with Crippen molar-refractivity contribution in [2.45, 2.75) is 26.7 Å². The lowest BCUT2D eigenvalue weighted by molar-refractivity contribution is -0.128. The number of hydrogen-bond donors (Lipinski definition) is 1. The lowest BCUT2D eigenvalue weighted by Gasteiger charge is -2.46. The molecule has 2 heterocycles. The van der Waals surface area contributed by atoms with Gasteiger partial charge in [-0.2, -0.15) is 0 Å². The Hall–Kier alpha value is -1.50. The van der Waals surface area contributed by atoms with Crippen molar-refractivity contribution in [3.63, 3.8) is 0 Å². The largest absolute Gasteiger partial charge is 0.332 e. The predicted molar refractivity (Wildman–Crippen MR) is 99.5 cm³/mol. The Morgan fingerprint density at radius 1 is 1.12 bits per heavy atom. The summed E-state index contributed by atoms with van der Waals surface area (Å²) in [5.41, 5.74) is -0.163. The molecule has 3 amide bonds. The van der Waals surface area contributed by atoms with Crippen molar-refractivity contribution in [1.82, 2.24) is 10.2 Å². The number of benzene rings is 1. The average Bonchev–Trinajstić information content (AvgIpc) is 2.59. The summed E-state index contributed by atoms with van der Waals surface area (Å²) in [5.74, 6) is 0.220. The van der Waals surface area contributed by atoms with Crippen LogP contribution < -0.4 is 10.2 Å².